The van der Waals surface area contributed by atoms with E-state index in [1.54, 1.807) is 7.11 Å². The molecule has 0 aromatic heterocycles. The molecule has 0 amide bonds. The second kappa shape index (κ2) is 20.8. The minimum Gasteiger partial charge on any atom is -0.378 e. The number of hydrogen-bond donors (Lipinski definition) is 0. The molecule has 0 saturated heterocycles. The Bertz CT molecular complexity index is 511. The quantitative estimate of drug-likeness (QED) is 0.190. The van der Waals surface area contributed by atoms with Gasteiger partial charge in [-0.3, -0.25) is 5.01 Å². The normalized spacial score (nSPS) is 14.1. The van der Waals surface area contributed by atoms with E-state index < -0.39 is 0 Å². The molecule has 0 aliphatic heterocycles. The van der Waals surface area contributed by atoms with Gasteiger partial charge in [0, 0.05) is 27.2 Å². The third-order valence-corrected chi connectivity index (χ3v) is 3.20. The highest BCUT2D eigenvalue weighted by molar-refractivity contribution is 5.81. The summed E-state index contributed by atoms with van der Waals surface area (Å²) in [5.41, 5.74) is 2.06. The summed E-state index contributed by atoms with van der Waals surface area (Å²) in [5, 5.41) is 6.31. The molecule has 0 saturated carbocycles. The highest BCUT2D eigenvalue weighted by atomic mass is 16.5. The van der Waals surface area contributed by atoms with Gasteiger partial charge in [0.15, 0.2) is 6.20 Å². The minimum absolute atomic E-state index is 0.0854. The maximum Gasteiger partial charge on any atom is 0.168 e. The molecule has 4 heteroatoms. The molecule has 26 heavy (non-hydrogen) atoms. The van der Waals surface area contributed by atoms with E-state index in [1.165, 1.54) is 0 Å². The average Bonchev–Trinajstić information content (AvgIpc) is 2.70. The van der Waals surface area contributed by atoms with Crippen LogP contribution in [0, 0.1) is 0 Å². The van der Waals surface area contributed by atoms with E-state index in [2.05, 4.69) is 18.3 Å². The van der Waals surface area contributed by atoms with Gasteiger partial charge in [0.1, 0.15) is 13.3 Å². The van der Waals surface area contributed by atoms with Crippen molar-refractivity contribution in [3.05, 3.63) is 61.0 Å². The number of likely N-dealkylation sites (N-methyl/N-ethyl adjacent to an activating group) is 1. The van der Waals surface area contributed by atoms with Crippen molar-refractivity contribution in [2.24, 2.45) is 5.10 Å². The van der Waals surface area contributed by atoms with Crippen molar-refractivity contribution in [3.63, 3.8) is 0 Å². The third kappa shape index (κ3) is 15.3. The van der Waals surface area contributed by atoms with Crippen molar-refractivity contribution < 1.29 is 9.31 Å². The molecule has 0 spiro atoms. The van der Waals surface area contributed by atoms with Gasteiger partial charge in [-0.2, -0.15) is 5.10 Å². The smallest absolute Gasteiger partial charge is 0.168 e. The fourth-order valence-corrected chi connectivity index (χ4v) is 1.43. The van der Waals surface area contributed by atoms with Crippen LogP contribution >= 0.6 is 0 Å². The van der Waals surface area contributed by atoms with Crippen LogP contribution in [0.2, 0.25) is 0 Å². The van der Waals surface area contributed by atoms with Gasteiger partial charge in [0.05, 0.1) is 18.0 Å². The van der Waals surface area contributed by atoms with Gasteiger partial charge in [-0.05, 0) is 32.4 Å². The summed E-state index contributed by atoms with van der Waals surface area (Å²) in [6.07, 6.45) is 16.0. The molecule has 0 heterocycles. The van der Waals surface area contributed by atoms with Gasteiger partial charge in [-0.25, -0.2) is 4.58 Å². The van der Waals surface area contributed by atoms with E-state index in [-0.39, 0.29) is 6.10 Å². The lowest BCUT2D eigenvalue weighted by molar-refractivity contribution is -0.417. The molecule has 0 aromatic rings. The van der Waals surface area contributed by atoms with Gasteiger partial charge in [0.2, 0.25) is 0 Å². The Morgan fingerprint density at radius 2 is 1.69 bits per heavy atom. The van der Waals surface area contributed by atoms with E-state index in [0.29, 0.717) is 0 Å². The van der Waals surface area contributed by atoms with Crippen molar-refractivity contribution in [1.29, 1.82) is 0 Å². The first kappa shape index (κ1) is 28.6. The van der Waals surface area contributed by atoms with Crippen LogP contribution in [0.15, 0.2) is 66.1 Å². The zero-order valence-electron chi connectivity index (χ0n) is 18.4. The number of methoxy groups -OCH3 is 1. The van der Waals surface area contributed by atoms with Crippen molar-refractivity contribution in [2.45, 2.75) is 47.6 Å². The first-order chi connectivity index (χ1) is 12.5. The van der Waals surface area contributed by atoms with Crippen molar-refractivity contribution in [3.8, 4) is 0 Å². The summed E-state index contributed by atoms with van der Waals surface area (Å²) in [6, 6.07) is 0. The lowest BCUT2D eigenvalue weighted by Crippen LogP contribution is -2.10. The molecule has 0 aromatic carbocycles. The van der Waals surface area contributed by atoms with E-state index in [1.807, 2.05) is 114 Å². The summed E-state index contributed by atoms with van der Waals surface area (Å²) in [7, 11) is 5.62. The Morgan fingerprint density at radius 3 is 2.12 bits per heavy atom. The van der Waals surface area contributed by atoms with Crippen molar-refractivity contribution in [1.82, 2.24) is 5.01 Å². The van der Waals surface area contributed by atoms with Crippen molar-refractivity contribution in [2.75, 3.05) is 21.2 Å². The van der Waals surface area contributed by atoms with Gasteiger partial charge < -0.3 is 4.74 Å². The number of hydrogen-bond acceptors (Lipinski definition) is 3. The highest BCUT2D eigenvalue weighted by Gasteiger charge is 1.99. The predicted octanol–water partition coefficient (Wildman–Crippen LogP) is 5.42. The van der Waals surface area contributed by atoms with Gasteiger partial charge >= 0.3 is 0 Å². The van der Waals surface area contributed by atoms with Crippen LogP contribution in [0.4, 0.5) is 0 Å². The maximum atomic E-state index is 5.21. The second-order valence-electron chi connectivity index (χ2n) is 4.81. The molecule has 0 rings (SSSR count). The molecule has 0 fully saturated rings. The number of hydrazone groups is 1. The third-order valence-electron chi connectivity index (χ3n) is 3.20. The fourth-order valence-electron chi connectivity index (χ4n) is 1.43. The van der Waals surface area contributed by atoms with E-state index >= 15 is 0 Å². The number of allylic oxidation sites excluding steroid dienone is 5. The van der Waals surface area contributed by atoms with Gasteiger partial charge in [-0.1, -0.05) is 32.1 Å². The molecule has 4 nitrogen and oxygen atoms in total. The number of rotatable bonds is 8. The van der Waals surface area contributed by atoms with Crippen molar-refractivity contribution >= 4 is 12.4 Å². The monoisotopic (exact) mass is 362 g/mol. The maximum absolute atomic E-state index is 5.21. The fraction of sp³-hybridized carbons (Fsp3) is 0.455. The molecule has 148 valence electrons. The van der Waals surface area contributed by atoms with Crippen LogP contribution in [0.25, 0.3) is 0 Å². The zero-order chi connectivity index (χ0) is 21.0. The molecular formula is C22H40N3O+. The van der Waals surface area contributed by atoms with E-state index in [9.17, 15) is 0 Å². The zero-order valence-corrected chi connectivity index (χ0v) is 18.4. The summed E-state index contributed by atoms with van der Waals surface area (Å²) in [4.78, 5) is 0. The SMILES string of the molecule is C=C.CC.CC=[N+](C)\C=C/C(/C=N/N(C)C(/C=C\C(C)OC)=C/C)=C\C. The van der Waals surface area contributed by atoms with Crippen LogP contribution in [0.1, 0.15) is 41.5 Å². The molecular weight excluding hydrogens is 322 g/mol. The highest BCUT2D eigenvalue weighted by Crippen LogP contribution is 2.06. The molecule has 0 N–H and O–H groups in total. The Balaban J connectivity index is -0.00000123. The number of nitrogens with zero attached hydrogens (tertiary/aromatic N) is 3. The Labute approximate surface area is 162 Å². The summed E-state index contributed by atoms with van der Waals surface area (Å²) in [5.74, 6) is 0. The molecule has 1 atom stereocenters. The standard InChI is InChI=1S/C18H30N3O.C2H6.C2H4/c1-8-17(13-14-20(5)10-3)15-19-21(6)18(9-2)12-11-16(4)22-7;2*1-2/h8-16H,1-7H3;1-2H3;1-2H2/q+1;;/b12-11-,14-13-,17-8+,18-9+,19-15+,20-10?;;. The largest absolute Gasteiger partial charge is 0.378 e. The first-order valence-electron chi connectivity index (χ1n) is 8.99. The van der Waals surface area contributed by atoms with E-state index in [4.69, 9.17) is 4.74 Å². The molecule has 0 radical (unpaired) electrons. The Hall–Kier alpha value is -2.20. The summed E-state index contributed by atoms with van der Waals surface area (Å²) in [6.45, 7) is 18.0. The first-order valence-corrected chi connectivity index (χ1v) is 8.99. The molecule has 0 bridgehead atoms. The minimum atomic E-state index is 0.0854. The molecule has 0 aliphatic carbocycles. The van der Waals surface area contributed by atoms with Crippen LogP contribution in [0.3, 0.4) is 0 Å². The van der Waals surface area contributed by atoms with Crippen LogP contribution < -0.4 is 0 Å². The lowest BCUT2D eigenvalue weighted by atomic mass is 10.2. The molecule has 0 aliphatic rings. The van der Waals surface area contributed by atoms with Crippen LogP contribution in [0.5, 0.6) is 0 Å². The lowest BCUT2D eigenvalue weighted by Gasteiger charge is -2.14. The second-order valence-corrected chi connectivity index (χ2v) is 4.81. The van der Waals surface area contributed by atoms with Crippen LogP contribution in [-0.4, -0.2) is 49.3 Å². The van der Waals surface area contributed by atoms with Crippen LogP contribution in [-0.2, 0) is 4.74 Å². The average molecular weight is 363 g/mol. The Morgan fingerprint density at radius 1 is 1.12 bits per heavy atom. The molecule has 1 unspecified atom stereocenters. The van der Waals surface area contributed by atoms with E-state index in [0.717, 1.165) is 11.3 Å². The summed E-state index contributed by atoms with van der Waals surface area (Å²) >= 11 is 0. The summed E-state index contributed by atoms with van der Waals surface area (Å²) < 4.78 is 7.20. The van der Waals surface area contributed by atoms with Gasteiger partial charge in [0.25, 0.3) is 0 Å². The number of ether oxygens (including phenoxy) is 1. The Kier molecular flexibility index (Phi) is 22.9. The predicted molar refractivity (Wildman–Crippen MR) is 119 cm³/mol. The topological polar surface area (TPSA) is 27.8 Å². The van der Waals surface area contributed by atoms with Gasteiger partial charge in [-0.15, -0.1) is 13.2 Å².